The monoisotopic (exact) mass is 329 g/mol. The van der Waals surface area contributed by atoms with Crippen LogP contribution in [0.5, 0.6) is 0 Å². The van der Waals surface area contributed by atoms with Crippen LogP contribution in [0.1, 0.15) is 30.9 Å². The van der Waals surface area contributed by atoms with Gasteiger partial charge in [-0.1, -0.05) is 42.8 Å². The van der Waals surface area contributed by atoms with Crippen LogP contribution in [0.15, 0.2) is 29.4 Å². The second kappa shape index (κ2) is 6.15. The van der Waals surface area contributed by atoms with Crippen LogP contribution < -0.4 is 0 Å². The Morgan fingerprint density at radius 2 is 1.45 bits per heavy atom. The maximum atomic E-state index is 12.7. The maximum absolute atomic E-state index is 12.7. The second-order valence-electron chi connectivity index (χ2n) is 4.58. The summed E-state index contributed by atoms with van der Waals surface area (Å²) in [5.41, 5.74) is -6.03. The van der Waals surface area contributed by atoms with Crippen LogP contribution in [-0.2, 0) is 5.60 Å². The highest BCUT2D eigenvalue weighted by Gasteiger charge is 2.71. The first-order chi connectivity index (χ1) is 9.99. The normalized spacial score (nSPS) is 14.3. The molecule has 0 saturated heterocycles. The lowest BCUT2D eigenvalue weighted by Crippen LogP contribution is -2.53. The van der Waals surface area contributed by atoms with E-state index in [0.29, 0.717) is 25.0 Å². The van der Waals surface area contributed by atoms with E-state index in [1.54, 1.807) is 6.92 Å². The zero-order chi connectivity index (χ0) is 17.2. The molecule has 0 radical (unpaired) electrons. The topological polar surface area (TPSA) is 52.8 Å². The van der Waals surface area contributed by atoms with E-state index < -0.39 is 23.5 Å². The Balaban J connectivity index is 3.32. The summed E-state index contributed by atoms with van der Waals surface area (Å²) in [5, 5.41) is 20.9. The third kappa shape index (κ3) is 3.18. The lowest BCUT2D eigenvalue weighted by molar-refractivity contribution is -0.376. The van der Waals surface area contributed by atoms with Gasteiger partial charge in [0, 0.05) is 5.56 Å². The number of hydrogen-bond donors (Lipinski definition) is 2. The predicted octanol–water partition coefficient (Wildman–Crippen LogP) is 3.98. The summed E-state index contributed by atoms with van der Waals surface area (Å²) in [5.74, 6) is 0. The van der Waals surface area contributed by atoms with Crippen LogP contribution in [0, 0.1) is 0 Å². The van der Waals surface area contributed by atoms with Crippen LogP contribution >= 0.6 is 0 Å². The molecule has 0 amide bonds. The Morgan fingerprint density at radius 3 is 1.77 bits per heavy atom. The number of aliphatic hydroxyl groups is 1. The number of halogens is 6. The van der Waals surface area contributed by atoms with E-state index in [1.165, 1.54) is 0 Å². The van der Waals surface area contributed by atoms with Gasteiger partial charge < -0.3 is 10.3 Å². The first kappa shape index (κ1) is 18.3. The molecule has 0 atom stereocenters. The quantitative estimate of drug-likeness (QED) is 0.380. The van der Waals surface area contributed by atoms with Gasteiger partial charge in [0.25, 0.3) is 5.60 Å². The minimum atomic E-state index is -5.93. The zero-order valence-electron chi connectivity index (χ0n) is 11.3. The standard InChI is InChI=1S/C13H13F6NO2/c1-2-3-10(20-22)8-4-6-9(7-5-8)11(21,12(14,15)16)13(17,18)19/h4-7,21-22H,2-3H2,1H3/b20-10+. The number of hydrogen-bond acceptors (Lipinski definition) is 3. The van der Waals surface area contributed by atoms with Crippen LogP contribution in [-0.4, -0.2) is 28.4 Å². The molecule has 0 heterocycles. The molecule has 9 heteroatoms. The van der Waals surface area contributed by atoms with Gasteiger partial charge in [-0.25, -0.2) is 0 Å². The Labute approximate surface area is 121 Å². The molecule has 0 fully saturated rings. The van der Waals surface area contributed by atoms with Crippen molar-refractivity contribution in [3.05, 3.63) is 35.4 Å². The molecule has 0 aliphatic heterocycles. The molecule has 0 bridgehead atoms. The van der Waals surface area contributed by atoms with Crippen molar-refractivity contribution in [1.82, 2.24) is 0 Å². The predicted molar refractivity (Wildman–Crippen MR) is 65.7 cm³/mol. The van der Waals surface area contributed by atoms with Crippen molar-refractivity contribution in [2.24, 2.45) is 5.16 Å². The van der Waals surface area contributed by atoms with Crippen molar-refractivity contribution >= 4 is 5.71 Å². The molecule has 0 unspecified atom stereocenters. The largest absolute Gasteiger partial charge is 0.430 e. The molecule has 124 valence electrons. The van der Waals surface area contributed by atoms with E-state index in [4.69, 9.17) is 5.21 Å². The van der Waals surface area contributed by atoms with Crippen LogP contribution in [0.25, 0.3) is 0 Å². The van der Waals surface area contributed by atoms with Gasteiger partial charge in [0.2, 0.25) is 0 Å². The molecule has 1 aromatic carbocycles. The average Bonchev–Trinajstić information content (AvgIpc) is 2.41. The minimum Gasteiger partial charge on any atom is -0.411 e. The molecule has 3 nitrogen and oxygen atoms in total. The Hall–Kier alpha value is -1.77. The number of nitrogens with zero attached hydrogens (tertiary/aromatic N) is 1. The molecule has 0 spiro atoms. The van der Waals surface area contributed by atoms with Gasteiger partial charge >= 0.3 is 12.4 Å². The lowest BCUT2D eigenvalue weighted by Gasteiger charge is -2.32. The molecule has 2 N–H and O–H groups in total. The van der Waals surface area contributed by atoms with Crippen molar-refractivity contribution in [2.45, 2.75) is 37.7 Å². The maximum Gasteiger partial charge on any atom is 0.430 e. The van der Waals surface area contributed by atoms with Gasteiger partial charge in [-0.3, -0.25) is 0 Å². The summed E-state index contributed by atoms with van der Waals surface area (Å²) in [7, 11) is 0. The van der Waals surface area contributed by atoms with Gasteiger partial charge in [-0.05, 0) is 12.0 Å². The van der Waals surface area contributed by atoms with E-state index in [0.717, 1.165) is 12.1 Å². The molecule has 1 rings (SSSR count). The van der Waals surface area contributed by atoms with Gasteiger partial charge in [-0.2, -0.15) is 26.3 Å². The summed E-state index contributed by atoms with van der Waals surface area (Å²) >= 11 is 0. The van der Waals surface area contributed by atoms with Crippen LogP contribution in [0.2, 0.25) is 0 Å². The minimum absolute atomic E-state index is 0.122. The summed E-state index contributed by atoms with van der Waals surface area (Å²) in [6.45, 7) is 1.76. The van der Waals surface area contributed by atoms with E-state index in [2.05, 4.69) is 5.16 Å². The van der Waals surface area contributed by atoms with Gasteiger partial charge in [0.15, 0.2) is 0 Å². The summed E-state index contributed by atoms with van der Waals surface area (Å²) < 4.78 is 76.2. The molecular formula is C13H13F6NO2. The fourth-order valence-corrected chi connectivity index (χ4v) is 1.88. The number of alkyl halides is 6. The highest BCUT2D eigenvalue weighted by Crippen LogP contribution is 2.49. The third-order valence-electron chi connectivity index (χ3n) is 3.06. The number of rotatable bonds is 4. The Bertz CT molecular complexity index is 519. The molecule has 0 aliphatic rings. The van der Waals surface area contributed by atoms with Gasteiger partial charge in [0.1, 0.15) is 0 Å². The SMILES string of the molecule is CCC/C(=N\O)c1ccc(C(O)(C(F)(F)F)C(F)(F)F)cc1. The van der Waals surface area contributed by atoms with Gasteiger partial charge in [0.05, 0.1) is 5.71 Å². The van der Waals surface area contributed by atoms with Crippen LogP contribution in [0.3, 0.4) is 0 Å². The first-order valence-electron chi connectivity index (χ1n) is 6.16. The zero-order valence-corrected chi connectivity index (χ0v) is 11.3. The highest BCUT2D eigenvalue weighted by molar-refractivity contribution is 6.00. The smallest absolute Gasteiger partial charge is 0.411 e. The fourth-order valence-electron chi connectivity index (χ4n) is 1.88. The van der Waals surface area contributed by atoms with Gasteiger partial charge in [-0.15, -0.1) is 0 Å². The molecule has 1 aromatic rings. The summed E-state index contributed by atoms with van der Waals surface area (Å²) in [6.07, 6.45) is -11.0. The lowest BCUT2D eigenvalue weighted by atomic mass is 9.91. The Kier molecular flexibility index (Phi) is 5.11. The number of benzene rings is 1. The first-order valence-corrected chi connectivity index (χ1v) is 6.16. The van der Waals surface area contributed by atoms with Crippen LogP contribution in [0.4, 0.5) is 26.3 Å². The third-order valence-corrected chi connectivity index (χ3v) is 3.06. The van der Waals surface area contributed by atoms with E-state index in [1.807, 2.05) is 0 Å². The van der Waals surface area contributed by atoms with E-state index in [-0.39, 0.29) is 11.3 Å². The highest BCUT2D eigenvalue weighted by atomic mass is 19.4. The number of oxime groups is 1. The van der Waals surface area contributed by atoms with Crippen molar-refractivity contribution in [3.8, 4) is 0 Å². The molecule has 0 aliphatic carbocycles. The summed E-state index contributed by atoms with van der Waals surface area (Å²) in [4.78, 5) is 0. The van der Waals surface area contributed by atoms with Crippen molar-refractivity contribution in [1.29, 1.82) is 0 Å². The molecule has 0 aromatic heterocycles. The second-order valence-corrected chi connectivity index (χ2v) is 4.58. The van der Waals surface area contributed by atoms with Crippen molar-refractivity contribution in [2.75, 3.05) is 0 Å². The van der Waals surface area contributed by atoms with Crippen molar-refractivity contribution in [3.63, 3.8) is 0 Å². The molecule has 22 heavy (non-hydrogen) atoms. The van der Waals surface area contributed by atoms with E-state index >= 15 is 0 Å². The van der Waals surface area contributed by atoms with E-state index in [9.17, 15) is 31.4 Å². The Morgan fingerprint density at radius 1 is 1.00 bits per heavy atom. The summed E-state index contributed by atoms with van der Waals surface area (Å²) in [6, 6.07) is 2.89. The molecular weight excluding hydrogens is 316 g/mol. The molecule has 0 saturated carbocycles. The fraction of sp³-hybridized carbons (Fsp3) is 0.462. The average molecular weight is 329 g/mol. The van der Waals surface area contributed by atoms with Crippen molar-refractivity contribution < 1.29 is 36.7 Å².